The van der Waals surface area contributed by atoms with E-state index in [9.17, 15) is 29.1 Å². The third kappa shape index (κ3) is 8.60. The Morgan fingerprint density at radius 2 is 1.51 bits per heavy atom. The summed E-state index contributed by atoms with van der Waals surface area (Å²) in [6.07, 6.45) is 1.26. The Morgan fingerprint density at radius 1 is 0.927 bits per heavy atom. The lowest BCUT2D eigenvalue weighted by Gasteiger charge is -2.40. The summed E-state index contributed by atoms with van der Waals surface area (Å²) in [6, 6.07) is 12.2. The lowest BCUT2D eigenvalue weighted by atomic mass is 10.0. The number of aliphatic carboxylic acids is 1. The SMILES string of the molecule is N=C(N)c1ccc(C(=O)NCC(=O)N2CCN(CC(=O)O)C(=O)[C@@H]2CCCNC(=O)c2ccc(CCN)cc2)cc1. The number of benzene rings is 2. The number of rotatable bonds is 13. The zero-order valence-electron chi connectivity index (χ0n) is 22.6. The van der Waals surface area contributed by atoms with Crippen molar-refractivity contribution < 1.29 is 29.1 Å². The first-order chi connectivity index (χ1) is 19.6. The minimum absolute atomic E-state index is 0.0463. The molecule has 0 aliphatic carbocycles. The van der Waals surface area contributed by atoms with Crippen molar-refractivity contribution in [1.29, 1.82) is 5.41 Å². The minimum atomic E-state index is -1.16. The molecule has 0 aromatic heterocycles. The number of hydrogen-bond acceptors (Lipinski definition) is 7. The predicted molar refractivity (Wildman–Crippen MR) is 150 cm³/mol. The van der Waals surface area contributed by atoms with Crippen molar-refractivity contribution >= 4 is 35.4 Å². The van der Waals surface area contributed by atoms with Crippen LogP contribution in [0.25, 0.3) is 0 Å². The molecule has 0 bridgehead atoms. The molecule has 13 nitrogen and oxygen atoms in total. The van der Waals surface area contributed by atoms with Crippen LogP contribution < -0.4 is 22.1 Å². The third-order valence-corrected chi connectivity index (χ3v) is 6.68. The number of carbonyl (C=O) groups excluding carboxylic acids is 4. The number of carboxylic acids is 1. The van der Waals surface area contributed by atoms with Gasteiger partial charge in [0.25, 0.3) is 11.8 Å². The number of hydrogen-bond donors (Lipinski definition) is 6. The molecule has 0 radical (unpaired) electrons. The minimum Gasteiger partial charge on any atom is -0.480 e. The van der Waals surface area contributed by atoms with Crippen molar-refractivity contribution in [3.05, 3.63) is 70.8 Å². The molecule has 2 aromatic carbocycles. The number of nitrogens with two attached hydrogens (primary N) is 2. The fraction of sp³-hybridized carbons (Fsp3) is 0.357. The van der Waals surface area contributed by atoms with E-state index < -0.39 is 36.3 Å². The van der Waals surface area contributed by atoms with Crippen LogP contribution in [-0.2, 0) is 20.8 Å². The topological polar surface area (TPSA) is 212 Å². The number of carbonyl (C=O) groups is 5. The molecule has 1 atom stereocenters. The molecule has 0 saturated carbocycles. The molecule has 13 heteroatoms. The summed E-state index contributed by atoms with van der Waals surface area (Å²) < 4.78 is 0. The highest BCUT2D eigenvalue weighted by Crippen LogP contribution is 2.17. The van der Waals surface area contributed by atoms with Gasteiger partial charge in [0.2, 0.25) is 11.8 Å². The maximum Gasteiger partial charge on any atom is 0.323 e. The van der Waals surface area contributed by atoms with E-state index in [1.165, 1.54) is 34.1 Å². The van der Waals surface area contributed by atoms with Crippen molar-refractivity contribution in [2.45, 2.75) is 25.3 Å². The van der Waals surface area contributed by atoms with E-state index in [2.05, 4.69) is 10.6 Å². The van der Waals surface area contributed by atoms with Gasteiger partial charge in [0.1, 0.15) is 18.4 Å². The Morgan fingerprint density at radius 3 is 2.10 bits per heavy atom. The van der Waals surface area contributed by atoms with E-state index in [1.54, 1.807) is 12.1 Å². The summed E-state index contributed by atoms with van der Waals surface area (Å²) in [5.74, 6) is -3.09. The van der Waals surface area contributed by atoms with E-state index >= 15 is 0 Å². The lowest BCUT2D eigenvalue weighted by molar-refractivity contribution is -0.155. The van der Waals surface area contributed by atoms with Crippen molar-refractivity contribution in [1.82, 2.24) is 20.4 Å². The van der Waals surface area contributed by atoms with Crippen LogP contribution in [-0.4, -0.2) is 95.7 Å². The van der Waals surface area contributed by atoms with Crippen LogP contribution in [0.2, 0.25) is 0 Å². The molecule has 0 spiro atoms. The monoisotopic (exact) mass is 565 g/mol. The van der Waals surface area contributed by atoms with Crippen LogP contribution in [0.5, 0.6) is 0 Å². The van der Waals surface area contributed by atoms with E-state index in [0.29, 0.717) is 30.5 Å². The first kappa shape index (κ1) is 30.8. The highest BCUT2D eigenvalue weighted by atomic mass is 16.4. The summed E-state index contributed by atoms with van der Waals surface area (Å²) in [7, 11) is 0. The van der Waals surface area contributed by atoms with Gasteiger partial charge in [-0.25, -0.2) is 0 Å². The Hall–Kier alpha value is -4.78. The number of nitrogens with one attached hydrogen (secondary N) is 3. The Labute approximate surface area is 237 Å². The Kier molecular flexibility index (Phi) is 10.9. The van der Waals surface area contributed by atoms with Crippen molar-refractivity contribution in [2.75, 3.05) is 39.3 Å². The summed E-state index contributed by atoms with van der Waals surface area (Å²) in [5.41, 5.74) is 13.2. The fourth-order valence-electron chi connectivity index (χ4n) is 4.49. The molecule has 1 aliphatic heterocycles. The summed E-state index contributed by atoms with van der Waals surface area (Å²) >= 11 is 0. The van der Waals surface area contributed by atoms with Gasteiger partial charge >= 0.3 is 5.97 Å². The lowest BCUT2D eigenvalue weighted by Crippen LogP contribution is -2.60. The number of amides is 4. The van der Waals surface area contributed by atoms with Gasteiger partial charge in [-0.15, -0.1) is 0 Å². The molecular formula is C28H35N7O6. The first-order valence-corrected chi connectivity index (χ1v) is 13.2. The maximum atomic E-state index is 13.1. The molecule has 218 valence electrons. The molecule has 4 amide bonds. The first-order valence-electron chi connectivity index (χ1n) is 13.2. The van der Waals surface area contributed by atoms with Crippen LogP contribution in [0, 0.1) is 5.41 Å². The number of amidine groups is 1. The largest absolute Gasteiger partial charge is 0.480 e. The molecule has 2 aromatic rings. The van der Waals surface area contributed by atoms with Gasteiger partial charge in [0.15, 0.2) is 0 Å². The molecule has 8 N–H and O–H groups in total. The van der Waals surface area contributed by atoms with Crippen LogP contribution in [0.1, 0.15) is 44.7 Å². The van der Waals surface area contributed by atoms with Crippen molar-refractivity contribution in [3.63, 3.8) is 0 Å². The van der Waals surface area contributed by atoms with Gasteiger partial charge in [-0.1, -0.05) is 24.3 Å². The average Bonchev–Trinajstić information content (AvgIpc) is 2.95. The summed E-state index contributed by atoms with van der Waals surface area (Å²) in [6.45, 7) is 0.0460. The summed E-state index contributed by atoms with van der Waals surface area (Å²) in [5, 5.41) is 21.9. The quantitative estimate of drug-likeness (QED) is 0.106. The van der Waals surface area contributed by atoms with Gasteiger partial charge < -0.3 is 37.0 Å². The van der Waals surface area contributed by atoms with E-state index in [0.717, 1.165) is 5.56 Å². The molecule has 3 rings (SSSR count). The van der Waals surface area contributed by atoms with Crippen LogP contribution in [0.15, 0.2) is 48.5 Å². The summed E-state index contributed by atoms with van der Waals surface area (Å²) in [4.78, 5) is 65.0. The molecule has 1 aliphatic rings. The second-order valence-electron chi connectivity index (χ2n) is 9.56. The Balaban J connectivity index is 1.58. The van der Waals surface area contributed by atoms with Gasteiger partial charge in [0.05, 0.1) is 6.54 Å². The highest BCUT2D eigenvalue weighted by molar-refractivity contribution is 5.99. The smallest absolute Gasteiger partial charge is 0.323 e. The van der Waals surface area contributed by atoms with Gasteiger partial charge in [0, 0.05) is 36.3 Å². The van der Waals surface area contributed by atoms with Crippen molar-refractivity contribution in [2.24, 2.45) is 11.5 Å². The molecule has 1 saturated heterocycles. The van der Waals surface area contributed by atoms with Crippen LogP contribution >= 0.6 is 0 Å². The standard InChI is InChI=1S/C28H35N7O6/c29-12-11-18-3-5-20(6-4-18)26(39)32-13-1-2-22-28(41)34(17-24(37)38)14-15-35(22)23(36)16-33-27(40)21-9-7-19(8-10-21)25(30)31/h3-10,22H,1-2,11-17,29H2,(H3,30,31)(H,32,39)(H,33,40)(H,37,38)/t22-/m0/s1. The highest BCUT2D eigenvalue weighted by Gasteiger charge is 2.37. The fourth-order valence-corrected chi connectivity index (χ4v) is 4.49. The number of carboxylic acid groups (broad SMARTS) is 1. The average molecular weight is 566 g/mol. The number of nitrogens with zero attached hydrogens (tertiary/aromatic N) is 2. The molecule has 0 unspecified atom stereocenters. The Bertz CT molecular complexity index is 1280. The third-order valence-electron chi connectivity index (χ3n) is 6.68. The molecule has 1 heterocycles. The van der Waals surface area contributed by atoms with E-state index in [-0.39, 0.29) is 49.9 Å². The molecular weight excluding hydrogens is 530 g/mol. The van der Waals surface area contributed by atoms with Crippen LogP contribution in [0.4, 0.5) is 0 Å². The number of nitrogen functional groups attached to an aromatic ring is 1. The molecule has 1 fully saturated rings. The maximum absolute atomic E-state index is 13.1. The zero-order valence-corrected chi connectivity index (χ0v) is 22.6. The second kappa shape index (κ2) is 14.6. The zero-order chi connectivity index (χ0) is 29.9. The van der Waals surface area contributed by atoms with Gasteiger partial charge in [-0.2, -0.15) is 0 Å². The van der Waals surface area contributed by atoms with E-state index in [1.807, 2.05) is 12.1 Å². The molecule has 41 heavy (non-hydrogen) atoms. The normalized spacial score (nSPS) is 14.9. The predicted octanol–water partition coefficient (Wildman–Crippen LogP) is -0.464. The second-order valence-corrected chi connectivity index (χ2v) is 9.56. The van der Waals surface area contributed by atoms with Crippen molar-refractivity contribution in [3.8, 4) is 0 Å². The van der Waals surface area contributed by atoms with Gasteiger partial charge in [-0.3, -0.25) is 29.4 Å². The van der Waals surface area contributed by atoms with E-state index in [4.69, 9.17) is 16.9 Å². The number of piperazine rings is 1. The van der Waals surface area contributed by atoms with Gasteiger partial charge in [-0.05, 0) is 55.6 Å². The van der Waals surface area contributed by atoms with Crippen LogP contribution in [0.3, 0.4) is 0 Å².